The number of hydrogen-bond acceptors (Lipinski definition) is 5. The predicted molar refractivity (Wildman–Crippen MR) is 111 cm³/mol. The number of ether oxygens (including phenoxy) is 1. The van der Waals surface area contributed by atoms with Crippen LogP contribution in [0.25, 0.3) is 0 Å². The van der Waals surface area contributed by atoms with Crippen LogP contribution in [0.15, 0.2) is 23.1 Å². The molecule has 0 saturated carbocycles. The molecule has 158 valence electrons. The molecule has 0 bridgehead atoms. The number of nitrogens with one attached hydrogen (secondary N) is 1. The molecule has 1 amide bonds. The van der Waals surface area contributed by atoms with Crippen LogP contribution in [0.3, 0.4) is 0 Å². The molecular weight excluding hydrogens is 402 g/mol. The molecular formula is C19H30ClN3O4S. The van der Waals surface area contributed by atoms with Gasteiger partial charge in [-0.3, -0.25) is 4.79 Å². The summed E-state index contributed by atoms with van der Waals surface area (Å²) in [5.41, 5.74) is 0.801. The van der Waals surface area contributed by atoms with Gasteiger partial charge in [-0.25, -0.2) is 8.42 Å². The van der Waals surface area contributed by atoms with E-state index < -0.39 is 10.0 Å². The van der Waals surface area contributed by atoms with Crippen molar-refractivity contribution >= 4 is 28.3 Å². The molecule has 0 spiro atoms. The van der Waals surface area contributed by atoms with Crippen LogP contribution >= 0.6 is 12.4 Å². The highest BCUT2D eigenvalue weighted by Crippen LogP contribution is 2.27. The maximum atomic E-state index is 13.2. The molecule has 3 rings (SSSR count). The monoisotopic (exact) mass is 431 g/mol. The highest BCUT2D eigenvalue weighted by Gasteiger charge is 2.35. The van der Waals surface area contributed by atoms with Gasteiger partial charge in [-0.05, 0) is 57.4 Å². The van der Waals surface area contributed by atoms with Gasteiger partial charge in [0.1, 0.15) is 5.75 Å². The Morgan fingerprint density at radius 3 is 2.64 bits per heavy atom. The Hall–Kier alpha value is -1.35. The molecule has 9 heteroatoms. The Kier molecular flexibility index (Phi) is 7.73. The number of piperazine rings is 1. The molecule has 2 heterocycles. The summed E-state index contributed by atoms with van der Waals surface area (Å²) in [6, 6.07) is 4.96. The molecule has 2 aliphatic heterocycles. The van der Waals surface area contributed by atoms with Crippen molar-refractivity contribution in [2.45, 2.75) is 50.7 Å². The van der Waals surface area contributed by atoms with Crippen LogP contribution in [0.4, 0.5) is 0 Å². The van der Waals surface area contributed by atoms with Gasteiger partial charge in [-0.1, -0.05) is 0 Å². The first-order valence-electron chi connectivity index (χ1n) is 9.56. The summed E-state index contributed by atoms with van der Waals surface area (Å²) in [5, 5.41) is 3.06. The molecule has 1 N–H and O–H groups in total. The number of amides is 1. The average molecular weight is 432 g/mol. The van der Waals surface area contributed by atoms with Crippen molar-refractivity contribution in [2.75, 3.05) is 32.7 Å². The second-order valence-electron chi connectivity index (χ2n) is 7.52. The van der Waals surface area contributed by atoms with Crippen molar-refractivity contribution in [2.24, 2.45) is 0 Å². The topological polar surface area (TPSA) is 79.0 Å². The number of sulfonamides is 1. The average Bonchev–Trinajstić information content (AvgIpc) is 2.63. The molecule has 1 aromatic carbocycles. The van der Waals surface area contributed by atoms with Crippen LogP contribution in [0, 0.1) is 6.92 Å². The second kappa shape index (κ2) is 9.43. The SMILES string of the molecule is Cc1cc(S(=O)(=O)N2CCCC(N3CCNCC3=O)C2)ccc1OC(C)C.Cl. The summed E-state index contributed by atoms with van der Waals surface area (Å²) < 4.78 is 33.5. The van der Waals surface area contributed by atoms with E-state index in [2.05, 4.69) is 5.32 Å². The predicted octanol–water partition coefficient (Wildman–Crippen LogP) is 1.79. The highest BCUT2D eigenvalue weighted by molar-refractivity contribution is 7.89. The third-order valence-corrected chi connectivity index (χ3v) is 6.93. The fraction of sp³-hybridized carbons (Fsp3) is 0.632. The van der Waals surface area contributed by atoms with Crippen molar-refractivity contribution in [3.8, 4) is 5.75 Å². The first-order valence-corrected chi connectivity index (χ1v) is 11.0. The summed E-state index contributed by atoms with van der Waals surface area (Å²) in [4.78, 5) is 14.3. The van der Waals surface area contributed by atoms with Gasteiger partial charge in [-0.15, -0.1) is 12.4 Å². The van der Waals surface area contributed by atoms with Gasteiger partial charge in [0.25, 0.3) is 0 Å². The minimum absolute atomic E-state index is 0. The van der Waals surface area contributed by atoms with Crippen molar-refractivity contribution in [3.05, 3.63) is 23.8 Å². The van der Waals surface area contributed by atoms with E-state index in [1.165, 1.54) is 4.31 Å². The van der Waals surface area contributed by atoms with E-state index in [0.717, 1.165) is 24.9 Å². The van der Waals surface area contributed by atoms with E-state index in [4.69, 9.17) is 4.74 Å². The zero-order chi connectivity index (χ0) is 19.6. The van der Waals surface area contributed by atoms with Gasteiger partial charge in [-0.2, -0.15) is 4.31 Å². The summed E-state index contributed by atoms with van der Waals surface area (Å²) in [6.45, 7) is 8.31. The maximum Gasteiger partial charge on any atom is 0.243 e. The number of hydrogen-bond donors (Lipinski definition) is 1. The lowest BCUT2D eigenvalue weighted by molar-refractivity contribution is -0.135. The van der Waals surface area contributed by atoms with Crippen LogP contribution in [-0.2, 0) is 14.8 Å². The van der Waals surface area contributed by atoms with Gasteiger partial charge < -0.3 is 15.0 Å². The largest absolute Gasteiger partial charge is 0.491 e. The molecule has 1 unspecified atom stereocenters. The summed E-state index contributed by atoms with van der Waals surface area (Å²) in [6.07, 6.45) is 1.64. The van der Waals surface area contributed by atoms with E-state index >= 15 is 0 Å². The molecule has 0 aromatic heterocycles. The van der Waals surface area contributed by atoms with Crippen molar-refractivity contribution in [3.63, 3.8) is 0 Å². The zero-order valence-corrected chi connectivity index (χ0v) is 18.3. The maximum absolute atomic E-state index is 13.2. The van der Waals surface area contributed by atoms with Crippen LogP contribution in [-0.4, -0.2) is 68.4 Å². The number of piperidine rings is 1. The highest BCUT2D eigenvalue weighted by atomic mass is 35.5. The van der Waals surface area contributed by atoms with Gasteiger partial charge in [0.05, 0.1) is 17.5 Å². The molecule has 1 atom stereocenters. The fourth-order valence-electron chi connectivity index (χ4n) is 3.72. The van der Waals surface area contributed by atoms with E-state index in [9.17, 15) is 13.2 Å². The van der Waals surface area contributed by atoms with Crippen molar-refractivity contribution in [1.29, 1.82) is 0 Å². The Balaban J connectivity index is 0.00000280. The Bertz CT molecular complexity index is 800. The third kappa shape index (κ3) is 4.97. The summed E-state index contributed by atoms with van der Waals surface area (Å²) in [7, 11) is -3.59. The first-order chi connectivity index (χ1) is 12.8. The lowest BCUT2D eigenvalue weighted by Crippen LogP contribution is -2.57. The number of carbonyl (C=O) groups is 1. The van der Waals surface area contributed by atoms with Crippen LogP contribution in [0.1, 0.15) is 32.3 Å². The van der Waals surface area contributed by atoms with E-state index in [1.54, 1.807) is 18.2 Å². The van der Waals surface area contributed by atoms with E-state index in [0.29, 0.717) is 31.9 Å². The number of carbonyl (C=O) groups excluding carboxylic acids is 1. The Labute approximate surface area is 173 Å². The zero-order valence-electron chi connectivity index (χ0n) is 16.7. The lowest BCUT2D eigenvalue weighted by Gasteiger charge is -2.40. The van der Waals surface area contributed by atoms with Crippen molar-refractivity contribution < 1.29 is 17.9 Å². The van der Waals surface area contributed by atoms with Crippen LogP contribution in [0.5, 0.6) is 5.75 Å². The number of benzene rings is 1. The smallest absolute Gasteiger partial charge is 0.243 e. The summed E-state index contributed by atoms with van der Waals surface area (Å²) >= 11 is 0. The number of aryl methyl sites for hydroxylation is 1. The second-order valence-corrected chi connectivity index (χ2v) is 9.45. The molecule has 2 saturated heterocycles. The molecule has 2 aliphatic rings. The van der Waals surface area contributed by atoms with Gasteiger partial charge in [0, 0.05) is 32.2 Å². The molecule has 28 heavy (non-hydrogen) atoms. The number of nitrogens with zero attached hydrogens (tertiary/aromatic N) is 2. The Morgan fingerprint density at radius 1 is 1.25 bits per heavy atom. The Morgan fingerprint density at radius 2 is 2.00 bits per heavy atom. The summed E-state index contributed by atoms with van der Waals surface area (Å²) in [5.74, 6) is 0.753. The number of halogens is 1. The standard InChI is InChI=1S/C19H29N3O4S.ClH/c1-14(2)26-18-7-6-17(11-15(18)3)27(24,25)21-9-4-5-16(13-21)22-10-8-20-12-19(22)23;/h6-7,11,14,16,20H,4-5,8-10,12-13H2,1-3H3;1H. The molecule has 2 fully saturated rings. The van der Waals surface area contributed by atoms with E-state index in [1.807, 2.05) is 25.7 Å². The quantitative estimate of drug-likeness (QED) is 0.768. The minimum atomic E-state index is -3.59. The van der Waals surface area contributed by atoms with Gasteiger partial charge in [0.2, 0.25) is 15.9 Å². The first kappa shape index (κ1) is 22.9. The van der Waals surface area contributed by atoms with Gasteiger partial charge in [0.15, 0.2) is 0 Å². The van der Waals surface area contributed by atoms with Crippen LogP contribution in [0.2, 0.25) is 0 Å². The molecule has 1 aromatic rings. The lowest BCUT2D eigenvalue weighted by atomic mass is 10.1. The minimum Gasteiger partial charge on any atom is -0.491 e. The van der Waals surface area contributed by atoms with E-state index in [-0.39, 0.29) is 35.4 Å². The third-order valence-electron chi connectivity index (χ3n) is 5.07. The van der Waals surface area contributed by atoms with Crippen LogP contribution < -0.4 is 10.1 Å². The number of rotatable bonds is 5. The molecule has 7 nitrogen and oxygen atoms in total. The molecule has 0 radical (unpaired) electrons. The van der Waals surface area contributed by atoms with Crippen molar-refractivity contribution in [1.82, 2.24) is 14.5 Å². The normalized spacial score (nSPS) is 21.5. The fourth-order valence-corrected chi connectivity index (χ4v) is 5.32. The van der Waals surface area contributed by atoms with Gasteiger partial charge >= 0.3 is 0 Å². The molecule has 0 aliphatic carbocycles.